The summed E-state index contributed by atoms with van der Waals surface area (Å²) in [7, 11) is 0. The lowest BCUT2D eigenvalue weighted by Crippen LogP contribution is -2.17. The van der Waals surface area contributed by atoms with Gasteiger partial charge in [0.05, 0.1) is 0 Å². The topological polar surface area (TPSA) is 34.0 Å². The third kappa shape index (κ3) is 2.92. The number of amides is 1. The zero-order chi connectivity index (χ0) is 17.3. The average Bonchev–Trinajstić information content (AvgIpc) is 2.86. The molecule has 3 aromatic rings. The molecule has 0 unspecified atom stereocenters. The standard InChI is InChI=1S/C20H21ClN2O/c1-4-14-9-10-18-17(11-14)13(3)19(23(18)5-2)20(24)22-16-8-6-7-15(21)12-16/h6-12H,4-5H2,1-3H3,(H,22,24). The zero-order valence-corrected chi connectivity index (χ0v) is 14.9. The smallest absolute Gasteiger partial charge is 0.272 e. The largest absolute Gasteiger partial charge is 0.337 e. The summed E-state index contributed by atoms with van der Waals surface area (Å²) in [6, 6.07) is 13.6. The van der Waals surface area contributed by atoms with Crippen molar-refractivity contribution in [2.75, 3.05) is 5.32 Å². The Labute approximate surface area is 147 Å². The molecule has 0 fully saturated rings. The van der Waals surface area contributed by atoms with Crippen LogP contribution >= 0.6 is 11.6 Å². The van der Waals surface area contributed by atoms with E-state index in [0.29, 0.717) is 16.4 Å². The van der Waals surface area contributed by atoms with Gasteiger partial charge in [0.2, 0.25) is 0 Å². The number of carbonyl (C=O) groups is 1. The fraction of sp³-hybridized carbons (Fsp3) is 0.250. The van der Waals surface area contributed by atoms with Crippen LogP contribution in [0.4, 0.5) is 5.69 Å². The van der Waals surface area contributed by atoms with Crippen molar-refractivity contribution in [1.82, 2.24) is 4.57 Å². The molecule has 24 heavy (non-hydrogen) atoms. The van der Waals surface area contributed by atoms with Crippen molar-refractivity contribution in [3.8, 4) is 0 Å². The molecule has 0 saturated carbocycles. The Bertz CT molecular complexity index is 911. The maximum Gasteiger partial charge on any atom is 0.272 e. The van der Waals surface area contributed by atoms with Crippen molar-refractivity contribution in [3.05, 3.63) is 64.3 Å². The van der Waals surface area contributed by atoms with Crippen LogP contribution in [0.5, 0.6) is 0 Å². The minimum Gasteiger partial charge on any atom is -0.337 e. The van der Waals surface area contributed by atoms with E-state index < -0.39 is 0 Å². The van der Waals surface area contributed by atoms with Gasteiger partial charge in [-0.3, -0.25) is 4.79 Å². The molecule has 3 rings (SSSR count). The number of nitrogens with one attached hydrogen (secondary N) is 1. The van der Waals surface area contributed by atoms with E-state index >= 15 is 0 Å². The van der Waals surface area contributed by atoms with Gasteiger partial charge >= 0.3 is 0 Å². The van der Waals surface area contributed by atoms with Crippen molar-refractivity contribution >= 4 is 34.1 Å². The zero-order valence-electron chi connectivity index (χ0n) is 14.2. The highest BCUT2D eigenvalue weighted by Gasteiger charge is 2.19. The lowest BCUT2D eigenvalue weighted by atomic mass is 10.1. The molecule has 0 spiro atoms. The SMILES string of the molecule is CCc1ccc2c(c1)c(C)c(C(=O)Nc1cccc(Cl)c1)n2CC. The van der Waals surface area contributed by atoms with E-state index in [0.717, 1.165) is 29.4 Å². The van der Waals surface area contributed by atoms with E-state index in [-0.39, 0.29) is 5.91 Å². The van der Waals surface area contributed by atoms with E-state index in [1.807, 2.05) is 19.1 Å². The molecular weight excluding hydrogens is 320 g/mol. The molecule has 3 nitrogen and oxygen atoms in total. The fourth-order valence-corrected chi connectivity index (χ4v) is 3.36. The van der Waals surface area contributed by atoms with Gasteiger partial charge in [0.25, 0.3) is 5.91 Å². The molecule has 124 valence electrons. The van der Waals surface area contributed by atoms with Crippen LogP contribution in [0.25, 0.3) is 10.9 Å². The molecular formula is C20H21ClN2O. The van der Waals surface area contributed by atoms with Gasteiger partial charge in [0, 0.05) is 28.2 Å². The molecule has 1 amide bonds. The third-order valence-electron chi connectivity index (χ3n) is 4.40. The first kappa shape index (κ1) is 16.6. The van der Waals surface area contributed by atoms with Gasteiger partial charge in [-0.25, -0.2) is 0 Å². The summed E-state index contributed by atoms with van der Waals surface area (Å²) < 4.78 is 2.07. The van der Waals surface area contributed by atoms with Gasteiger partial charge in [-0.1, -0.05) is 30.7 Å². The quantitative estimate of drug-likeness (QED) is 0.674. The van der Waals surface area contributed by atoms with E-state index in [9.17, 15) is 4.79 Å². The second-order valence-electron chi connectivity index (χ2n) is 5.89. The van der Waals surface area contributed by atoms with Crippen LogP contribution in [-0.2, 0) is 13.0 Å². The van der Waals surface area contributed by atoms with Crippen molar-refractivity contribution in [3.63, 3.8) is 0 Å². The minimum atomic E-state index is -0.106. The van der Waals surface area contributed by atoms with Crippen LogP contribution in [0.15, 0.2) is 42.5 Å². The van der Waals surface area contributed by atoms with Crippen molar-refractivity contribution in [1.29, 1.82) is 0 Å². The number of nitrogens with zero attached hydrogens (tertiary/aromatic N) is 1. The molecule has 4 heteroatoms. The summed E-state index contributed by atoms with van der Waals surface area (Å²) in [5.74, 6) is -0.106. The molecule has 2 aromatic carbocycles. The molecule has 1 heterocycles. The van der Waals surface area contributed by atoms with Crippen LogP contribution in [0.3, 0.4) is 0 Å². The highest BCUT2D eigenvalue weighted by molar-refractivity contribution is 6.31. The summed E-state index contributed by atoms with van der Waals surface area (Å²) in [6.45, 7) is 6.96. The number of hydrogen-bond donors (Lipinski definition) is 1. The van der Waals surface area contributed by atoms with Gasteiger partial charge in [0.15, 0.2) is 0 Å². The molecule has 1 N–H and O–H groups in total. The summed E-state index contributed by atoms with van der Waals surface area (Å²) in [5, 5.41) is 4.71. The summed E-state index contributed by atoms with van der Waals surface area (Å²) >= 11 is 6.01. The number of fused-ring (bicyclic) bond motifs is 1. The Morgan fingerprint density at radius 2 is 1.96 bits per heavy atom. The number of aryl methyl sites for hydroxylation is 3. The second-order valence-corrected chi connectivity index (χ2v) is 6.32. The van der Waals surface area contributed by atoms with Crippen molar-refractivity contribution < 1.29 is 4.79 Å². The fourth-order valence-electron chi connectivity index (χ4n) is 3.17. The maximum absolute atomic E-state index is 12.9. The predicted molar refractivity (Wildman–Crippen MR) is 101 cm³/mol. The average molecular weight is 341 g/mol. The molecule has 0 saturated heterocycles. The van der Waals surface area contributed by atoms with Gasteiger partial charge < -0.3 is 9.88 Å². The third-order valence-corrected chi connectivity index (χ3v) is 4.64. The van der Waals surface area contributed by atoms with Crippen molar-refractivity contribution in [2.24, 2.45) is 0 Å². The predicted octanol–water partition coefficient (Wildman–Crippen LogP) is 5.44. The number of anilines is 1. The molecule has 0 radical (unpaired) electrons. The summed E-state index contributed by atoms with van der Waals surface area (Å²) in [5.41, 5.74) is 4.81. The Kier molecular flexibility index (Phi) is 4.63. The van der Waals surface area contributed by atoms with Crippen LogP contribution in [0.2, 0.25) is 5.02 Å². The Morgan fingerprint density at radius 3 is 2.62 bits per heavy atom. The van der Waals surface area contributed by atoms with Crippen molar-refractivity contribution in [2.45, 2.75) is 33.7 Å². The van der Waals surface area contributed by atoms with Crippen LogP contribution < -0.4 is 5.32 Å². The Morgan fingerprint density at radius 1 is 1.17 bits per heavy atom. The van der Waals surface area contributed by atoms with Gasteiger partial charge in [0.1, 0.15) is 5.69 Å². The lowest BCUT2D eigenvalue weighted by molar-refractivity contribution is 0.101. The number of aromatic nitrogens is 1. The lowest BCUT2D eigenvalue weighted by Gasteiger charge is -2.10. The van der Waals surface area contributed by atoms with E-state index in [2.05, 4.69) is 41.9 Å². The maximum atomic E-state index is 12.9. The first-order chi connectivity index (χ1) is 11.5. The Balaban J connectivity index is 2.07. The second kappa shape index (κ2) is 6.70. The number of carbonyl (C=O) groups excluding carboxylic acids is 1. The molecule has 0 aliphatic rings. The van der Waals surface area contributed by atoms with Crippen LogP contribution in [-0.4, -0.2) is 10.5 Å². The molecule has 1 aromatic heterocycles. The summed E-state index contributed by atoms with van der Waals surface area (Å²) in [4.78, 5) is 12.9. The van der Waals surface area contributed by atoms with Gasteiger partial charge in [-0.2, -0.15) is 0 Å². The van der Waals surface area contributed by atoms with Crippen LogP contribution in [0.1, 0.15) is 35.5 Å². The first-order valence-electron chi connectivity index (χ1n) is 8.23. The number of hydrogen-bond acceptors (Lipinski definition) is 1. The molecule has 0 atom stereocenters. The normalized spacial score (nSPS) is 11.0. The van der Waals surface area contributed by atoms with E-state index in [1.165, 1.54) is 5.56 Å². The van der Waals surface area contributed by atoms with E-state index in [4.69, 9.17) is 11.6 Å². The number of benzene rings is 2. The highest BCUT2D eigenvalue weighted by Crippen LogP contribution is 2.28. The molecule has 0 aliphatic carbocycles. The Hall–Kier alpha value is -2.26. The summed E-state index contributed by atoms with van der Waals surface area (Å²) in [6.07, 6.45) is 0.983. The minimum absolute atomic E-state index is 0.106. The van der Waals surface area contributed by atoms with E-state index in [1.54, 1.807) is 12.1 Å². The molecule has 0 bridgehead atoms. The van der Waals surface area contributed by atoms with Crippen LogP contribution in [0, 0.1) is 6.92 Å². The number of halogens is 1. The van der Waals surface area contributed by atoms with Gasteiger partial charge in [-0.15, -0.1) is 0 Å². The highest BCUT2D eigenvalue weighted by atomic mass is 35.5. The number of rotatable bonds is 4. The van der Waals surface area contributed by atoms with Gasteiger partial charge in [-0.05, 0) is 61.7 Å². The molecule has 0 aliphatic heterocycles. The monoisotopic (exact) mass is 340 g/mol. The first-order valence-corrected chi connectivity index (χ1v) is 8.61.